The molecule has 0 radical (unpaired) electrons. The first-order chi connectivity index (χ1) is 17.0. The van der Waals surface area contributed by atoms with Crippen LogP contribution >= 0.6 is 23.1 Å². The van der Waals surface area contributed by atoms with Gasteiger partial charge in [-0.2, -0.15) is 13.2 Å². The van der Waals surface area contributed by atoms with E-state index in [1.807, 2.05) is 13.8 Å². The first-order valence-electron chi connectivity index (χ1n) is 11.0. The molecule has 0 atom stereocenters. The molecule has 0 saturated carbocycles. The van der Waals surface area contributed by atoms with Crippen molar-refractivity contribution in [1.29, 1.82) is 0 Å². The second-order valence-electron chi connectivity index (χ2n) is 7.50. The second kappa shape index (κ2) is 11.8. The fourth-order valence-corrected chi connectivity index (χ4v) is 5.10. The minimum absolute atomic E-state index is 0.00484. The van der Waals surface area contributed by atoms with Crippen molar-refractivity contribution in [3.05, 3.63) is 51.7 Å². The number of ether oxygens (including phenoxy) is 2. The number of aromatic nitrogens is 3. The lowest BCUT2D eigenvalue weighted by molar-refractivity contribution is -0.137. The molecule has 0 bridgehead atoms. The number of anilines is 1. The minimum Gasteiger partial charge on any atom is -0.486 e. The highest BCUT2D eigenvalue weighted by Gasteiger charge is 2.30. The van der Waals surface area contributed by atoms with E-state index in [4.69, 9.17) is 9.47 Å². The topological polar surface area (TPSA) is 95.3 Å². The van der Waals surface area contributed by atoms with E-state index in [9.17, 15) is 22.8 Å². The van der Waals surface area contributed by atoms with Gasteiger partial charge in [-0.15, -0.1) is 21.5 Å². The van der Waals surface area contributed by atoms with Gasteiger partial charge in [0.2, 0.25) is 5.91 Å². The highest BCUT2D eigenvalue weighted by Crippen LogP contribution is 2.34. The molecule has 13 heteroatoms. The number of nitrogens with zero attached hydrogens (tertiary/aromatic N) is 3. The van der Waals surface area contributed by atoms with Gasteiger partial charge in [-0.3, -0.25) is 4.79 Å². The number of halogens is 3. The third kappa shape index (κ3) is 6.58. The summed E-state index contributed by atoms with van der Waals surface area (Å²) in [5.74, 6) is -0.349. The average molecular weight is 543 g/mol. The van der Waals surface area contributed by atoms with Gasteiger partial charge < -0.3 is 19.4 Å². The van der Waals surface area contributed by atoms with Crippen molar-refractivity contribution in [2.75, 3.05) is 17.7 Å². The van der Waals surface area contributed by atoms with Gasteiger partial charge in [0.15, 0.2) is 11.0 Å². The van der Waals surface area contributed by atoms with Crippen LogP contribution in [0.1, 0.15) is 46.0 Å². The molecule has 2 aromatic heterocycles. The molecular formula is C23H25F3N4O4S2. The summed E-state index contributed by atoms with van der Waals surface area (Å²) in [5.41, 5.74) is 0.308. The number of hydrogen-bond acceptors (Lipinski definition) is 8. The number of benzene rings is 1. The van der Waals surface area contributed by atoms with Crippen LogP contribution in [0.25, 0.3) is 0 Å². The molecule has 0 aliphatic carbocycles. The summed E-state index contributed by atoms with van der Waals surface area (Å²) in [4.78, 5) is 25.8. The zero-order chi connectivity index (χ0) is 26.5. The second-order valence-corrected chi connectivity index (χ2v) is 9.67. The van der Waals surface area contributed by atoms with Gasteiger partial charge in [0.1, 0.15) is 17.4 Å². The maximum absolute atomic E-state index is 12.9. The molecule has 0 fully saturated rings. The molecule has 3 rings (SSSR count). The Kier molecular flexibility index (Phi) is 9.01. The number of rotatable bonds is 10. The van der Waals surface area contributed by atoms with Crippen molar-refractivity contribution < 1.29 is 32.2 Å². The Hall–Kier alpha value is -3.06. The Labute approximate surface area is 214 Å². The number of carbonyl (C=O) groups excluding carboxylic acids is 2. The monoisotopic (exact) mass is 542 g/mol. The van der Waals surface area contributed by atoms with Gasteiger partial charge in [-0.1, -0.05) is 17.8 Å². The van der Waals surface area contributed by atoms with Gasteiger partial charge in [0.25, 0.3) is 0 Å². The number of thioether (sulfide) groups is 1. The van der Waals surface area contributed by atoms with E-state index < -0.39 is 17.7 Å². The fourth-order valence-electron chi connectivity index (χ4n) is 3.22. The number of hydrogen-bond donors (Lipinski definition) is 1. The first-order valence-corrected chi connectivity index (χ1v) is 12.8. The molecule has 3 aromatic rings. The van der Waals surface area contributed by atoms with Crippen molar-refractivity contribution in [1.82, 2.24) is 14.8 Å². The summed E-state index contributed by atoms with van der Waals surface area (Å²) in [6.45, 7) is 7.83. The molecule has 0 unspecified atom stereocenters. The van der Waals surface area contributed by atoms with Gasteiger partial charge in [0.05, 0.1) is 23.5 Å². The van der Waals surface area contributed by atoms with Crippen LogP contribution in [0.2, 0.25) is 0 Å². The van der Waals surface area contributed by atoms with Crippen LogP contribution in [0.15, 0.2) is 29.4 Å². The fraction of sp³-hybridized carbons (Fsp3) is 0.391. The Morgan fingerprint density at radius 2 is 1.94 bits per heavy atom. The Morgan fingerprint density at radius 3 is 2.61 bits per heavy atom. The Balaban J connectivity index is 1.64. The number of aryl methyl sites for hydroxylation is 1. The van der Waals surface area contributed by atoms with E-state index >= 15 is 0 Å². The number of alkyl halides is 3. The lowest BCUT2D eigenvalue weighted by atomic mass is 10.1. The summed E-state index contributed by atoms with van der Waals surface area (Å²) in [7, 11) is 0. The highest BCUT2D eigenvalue weighted by molar-refractivity contribution is 7.99. The van der Waals surface area contributed by atoms with E-state index in [1.165, 1.54) is 23.5 Å². The predicted octanol–water partition coefficient (Wildman–Crippen LogP) is 5.48. The quantitative estimate of drug-likeness (QED) is 0.268. The SMILES string of the molecule is CCOC(=O)c1c(NC(=O)CSc2nnc(COc3cccc(C(F)(F)F)c3)n2CC)sc(C)c1C. The smallest absolute Gasteiger partial charge is 0.416 e. The van der Waals surface area contributed by atoms with Crippen molar-refractivity contribution >= 4 is 40.0 Å². The van der Waals surface area contributed by atoms with Crippen LogP contribution < -0.4 is 10.1 Å². The molecule has 36 heavy (non-hydrogen) atoms. The van der Waals surface area contributed by atoms with Crippen LogP contribution in [-0.2, 0) is 28.9 Å². The summed E-state index contributed by atoms with van der Waals surface area (Å²) in [6, 6.07) is 4.59. The highest BCUT2D eigenvalue weighted by atomic mass is 32.2. The normalized spacial score (nSPS) is 11.4. The average Bonchev–Trinajstić information content (AvgIpc) is 3.35. The van der Waals surface area contributed by atoms with Gasteiger partial charge in [-0.25, -0.2) is 4.79 Å². The molecule has 194 valence electrons. The van der Waals surface area contributed by atoms with Crippen LogP contribution in [0.4, 0.5) is 18.2 Å². The van der Waals surface area contributed by atoms with E-state index in [0.29, 0.717) is 28.1 Å². The summed E-state index contributed by atoms with van der Waals surface area (Å²) in [6.07, 6.45) is -4.47. The van der Waals surface area contributed by atoms with E-state index in [2.05, 4.69) is 15.5 Å². The van der Waals surface area contributed by atoms with Crippen LogP contribution in [0.5, 0.6) is 5.75 Å². The summed E-state index contributed by atoms with van der Waals surface area (Å²) >= 11 is 2.45. The third-order valence-corrected chi connectivity index (χ3v) is 7.18. The zero-order valence-electron chi connectivity index (χ0n) is 20.1. The van der Waals surface area contributed by atoms with E-state index in [0.717, 1.165) is 34.3 Å². The summed E-state index contributed by atoms with van der Waals surface area (Å²) < 4.78 is 51.1. The maximum atomic E-state index is 12.9. The van der Waals surface area contributed by atoms with Crippen LogP contribution in [0.3, 0.4) is 0 Å². The summed E-state index contributed by atoms with van der Waals surface area (Å²) in [5, 5.41) is 11.8. The lowest BCUT2D eigenvalue weighted by Gasteiger charge is -2.11. The van der Waals surface area contributed by atoms with Crippen molar-refractivity contribution in [3.8, 4) is 5.75 Å². The molecule has 1 aromatic carbocycles. The molecule has 0 spiro atoms. The van der Waals surface area contributed by atoms with Crippen LogP contribution in [0, 0.1) is 13.8 Å². The largest absolute Gasteiger partial charge is 0.486 e. The number of nitrogens with one attached hydrogen (secondary N) is 1. The maximum Gasteiger partial charge on any atom is 0.416 e. The lowest BCUT2D eigenvalue weighted by Crippen LogP contribution is -2.17. The zero-order valence-corrected chi connectivity index (χ0v) is 21.7. The van der Waals surface area contributed by atoms with E-state index in [1.54, 1.807) is 18.4 Å². The van der Waals surface area contributed by atoms with Gasteiger partial charge in [0, 0.05) is 11.4 Å². The van der Waals surface area contributed by atoms with Crippen LogP contribution in [-0.4, -0.2) is 39.0 Å². The van der Waals surface area contributed by atoms with Gasteiger partial charge >= 0.3 is 12.1 Å². The first kappa shape index (κ1) is 27.5. The van der Waals surface area contributed by atoms with Gasteiger partial charge in [-0.05, 0) is 51.5 Å². The molecule has 0 aliphatic heterocycles. The van der Waals surface area contributed by atoms with Crippen molar-refractivity contribution in [2.45, 2.75) is 52.2 Å². The molecular weight excluding hydrogens is 517 g/mol. The molecule has 1 amide bonds. The molecule has 0 aliphatic rings. The minimum atomic E-state index is -4.47. The van der Waals surface area contributed by atoms with E-state index in [-0.39, 0.29) is 30.6 Å². The number of esters is 1. The van der Waals surface area contributed by atoms with Crippen molar-refractivity contribution in [3.63, 3.8) is 0 Å². The standard InChI is InChI=1S/C23H25F3N4O4S2/c1-5-30-17(11-34-16-9-7-8-15(10-16)23(24,25)26)28-29-22(30)35-12-18(31)27-20-19(21(32)33-6-2)13(3)14(4)36-20/h7-10H,5-6,11-12H2,1-4H3,(H,27,31). The number of carbonyl (C=O) groups is 2. The predicted molar refractivity (Wildman–Crippen MR) is 131 cm³/mol. The molecule has 2 heterocycles. The number of thiophene rings is 1. The molecule has 1 N–H and O–H groups in total. The third-order valence-electron chi connectivity index (χ3n) is 5.09. The Morgan fingerprint density at radius 1 is 1.19 bits per heavy atom. The molecule has 8 nitrogen and oxygen atoms in total. The molecule has 0 saturated heterocycles. The van der Waals surface area contributed by atoms with Crippen molar-refractivity contribution in [2.24, 2.45) is 0 Å². The number of amides is 1. The Bertz CT molecular complexity index is 1240.